The molecule has 1 amide bonds. The number of nitrogens with zero attached hydrogens (tertiary/aromatic N) is 1. The normalized spacial score (nSPS) is 13.9. The van der Waals surface area contributed by atoms with E-state index in [9.17, 15) is 9.90 Å². The summed E-state index contributed by atoms with van der Waals surface area (Å²) in [6.07, 6.45) is 1.30. The van der Waals surface area contributed by atoms with Crippen molar-refractivity contribution in [3.63, 3.8) is 0 Å². The van der Waals surface area contributed by atoms with Crippen molar-refractivity contribution in [1.82, 2.24) is 10.3 Å². The molecule has 0 radical (unpaired) electrons. The Morgan fingerprint density at radius 2 is 2.05 bits per heavy atom. The molecule has 118 valence electrons. The summed E-state index contributed by atoms with van der Waals surface area (Å²) in [5, 5.41) is 13.2. The van der Waals surface area contributed by atoms with E-state index < -0.39 is 5.54 Å². The zero-order valence-electron chi connectivity index (χ0n) is 13.7. The highest BCUT2D eigenvalue weighted by Gasteiger charge is 2.25. The molecule has 0 aliphatic rings. The molecule has 2 rings (SSSR count). The molecule has 0 fully saturated rings. The highest BCUT2D eigenvalue weighted by atomic mass is 16.3. The number of aliphatic hydroxyl groups excluding tert-OH is 1. The number of benzene rings is 1. The van der Waals surface area contributed by atoms with E-state index >= 15 is 0 Å². The number of nitrogens with one attached hydrogen (secondary N) is 1. The van der Waals surface area contributed by atoms with Crippen LogP contribution in [0.3, 0.4) is 0 Å². The predicted molar refractivity (Wildman–Crippen MR) is 89.1 cm³/mol. The number of fused-ring (bicyclic) bond motifs is 1. The summed E-state index contributed by atoms with van der Waals surface area (Å²) >= 11 is 0. The number of hydrogen-bond donors (Lipinski definition) is 2. The topological polar surface area (TPSA) is 62.2 Å². The second kappa shape index (κ2) is 6.44. The van der Waals surface area contributed by atoms with Gasteiger partial charge in [-0.3, -0.25) is 9.78 Å². The van der Waals surface area contributed by atoms with Gasteiger partial charge in [0.2, 0.25) is 0 Å². The number of aliphatic hydroxyl groups is 1. The van der Waals surface area contributed by atoms with Crippen LogP contribution in [-0.4, -0.2) is 28.1 Å². The van der Waals surface area contributed by atoms with Crippen LogP contribution >= 0.6 is 0 Å². The van der Waals surface area contributed by atoms with E-state index in [1.807, 2.05) is 52.0 Å². The average Bonchev–Trinajstić information content (AvgIpc) is 2.46. The number of carbonyl (C=O) groups excluding carboxylic acids is 1. The molecule has 2 aromatic rings. The lowest BCUT2D eigenvalue weighted by Gasteiger charge is -2.29. The fraction of sp³-hybridized carbons (Fsp3) is 0.444. The van der Waals surface area contributed by atoms with Gasteiger partial charge in [-0.2, -0.15) is 0 Å². The summed E-state index contributed by atoms with van der Waals surface area (Å²) in [6.45, 7) is 7.89. The van der Waals surface area contributed by atoms with Crippen LogP contribution in [0.1, 0.15) is 48.3 Å². The van der Waals surface area contributed by atoms with Crippen molar-refractivity contribution in [2.75, 3.05) is 6.61 Å². The molecular formula is C18H24N2O2. The Hall–Kier alpha value is -1.94. The third-order valence-electron chi connectivity index (χ3n) is 4.27. The molecule has 0 bridgehead atoms. The van der Waals surface area contributed by atoms with Crippen molar-refractivity contribution in [2.24, 2.45) is 0 Å². The lowest BCUT2D eigenvalue weighted by Crippen LogP contribution is -2.46. The minimum Gasteiger partial charge on any atom is -0.396 e. The molecule has 4 heteroatoms. The summed E-state index contributed by atoms with van der Waals surface area (Å²) in [6, 6.07) is 7.91. The van der Waals surface area contributed by atoms with Crippen LogP contribution in [0.15, 0.2) is 24.3 Å². The fourth-order valence-corrected chi connectivity index (χ4v) is 2.52. The second-order valence-corrected chi connectivity index (χ2v) is 6.16. The largest absolute Gasteiger partial charge is 0.396 e. The first-order valence-corrected chi connectivity index (χ1v) is 7.70. The van der Waals surface area contributed by atoms with E-state index in [1.54, 1.807) is 0 Å². The molecule has 1 atom stereocenters. The fourth-order valence-electron chi connectivity index (χ4n) is 2.52. The monoisotopic (exact) mass is 300 g/mol. The minimum atomic E-state index is -0.402. The molecule has 0 aliphatic carbocycles. The Balaban J connectivity index is 2.35. The Bertz CT molecular complexity index is 697. The van der Waals surface area contributed by atoms with Crippen molar-refractivity contribution in [1.29, 1.82) is 0 Å². The molecular weight excluding hydrogens is 276 g/mol. The number of rotatable bonds is 5. The number of hydrogen-bond acceptors (Lipinski definition) is 3. The molecule has 1 heterocycles. The average molecular weight is 300 g/mol. The van der Waals surface area contributed by atoms with Gasteiger partial charge >= 0.3 is 0 Å². The van der Waals surface area contributed by atoms with Gasteiger partial charge in [-0.25, -0.2) is 0 Å². The van der Waals surface area contributed by atoms with Gasteiger partial charge in [-0.15, -0.1) is 0 Å². The first-order chi connectivity index (χ1) is 10.4. The Morgan fingerprint density at radius 1 is 1.32 bits per heavy atom. The molecule has 1 aromatic carbocycles. The number of aryl methyl sites for hydroxylation is 2. The van der Waals surface area contributed by atoms with Gasteiger partial charge < -0.3 is 10.4 Å². The summed E-state index contributed by atoms with van der Waals surface area (Å²) in [5.74, 6) is -0.134. The lowest BCUT2D eigenvalue weighted by atomic mass is 9.94. The summed E-state index contributed by atoms with van der Waals surface area (Å²) in [4.78, 5) is 17.1. The first kappa shape index (κ1) is 16.4. The van der Waals surface area contributed by atoms with Crippen LogP contribution in [-0.2, 0) is 0 Å². The van der Waals surface area contributed by atoms with Gasteiger partial charge in [0.25, 0.3) is 5.91 Å². The van der Waals surface area contributed by atoms with Gasteiger partial charge in [0.05, 0.1) is 16.8 Å². The molecule has 4 nitrogen and oxygen atoms in total. The van der Waals surface area contributed by atoms with Gasteiger partial charge in [0.1, 0.15) is 0 Å². The summed E-state index contributed by atoms with van der Waals surface area (Å²) in [7, 11) is 0. The van der Waals surface area contributed by atoms with E-state index in [1.165, 1.54) is 0 Å². The Kier molecular flexibility index (Phi) is 4.81. The van der Waals surface area contributed by atoms with Gasteiger partial charge in [0, 0.05) is 17.5 Å². The van der Waals surface area contributed by atoms with Crippen molar-refractivity contribution >= 4 is 16.8 Å². The van der Waals surface area contributed by atoms with Gasteiger partial charge in [0.15, 0.2) is 0 Å². The minimum absolute atomic E-state index is 0.0544. The molecule has 1 aromatic heterocycles. The highest BCUT2D eigenvalue weighted by Crippen LogP contribution is 2.20. The third-order valence-corrected chi connectivity index (χ3v) is 4.27. The molecule has 22 heavy (non-hydrogen) atoms. The van der Waals surface area contributed by atoms with E-state index in [4.69, 9.17) is 0 Å². The third kappa shape index (κ3) is 3.45. The summed E-state index contributed by atoms with van der Waals surface area (Å²) in [5.41, 5.74) is 2.97. The smallest absolute Gasteiger partial charge is 0.253 e. The molecule has 0 saturated heterocycles. The van der Waals surface area contributed by atoms with Gasteiger partial charge in [-0.1, -0.05) is 19.1 Å². The van der Waals surface area contributed by atoms with Crippen LogP contribution in [0, 0.1) is 13.8 Å². The predicted octanol–water partition coefficient (Wildman–Crippen LogP) is 3.13. The zero-order chi connectivity index (χ0) is 16.3. The molecule has 0 spiro atoms. The van der Waals surface area contributed by atoms with Crippen LogP contribution < -0.4 is 5.32 Å². The van der Waals surface area contributed by atoms with Crippen molar-refractivity contribution in [3.8, 4) is 0 Å². The zero-order valence-corrected chi connectivity index (χ0v) is 13.7. The molecule has 0 saturated carbocycles. The van der Waals surface area contributed by atoms with E-state index in [0.717, 1.165) is 28.6 Å². The van der Waals surface area contributed by atoms with Gasteiger partial charge in [-0.05, 0) is 51.3 Å². The summed E-state index contributed by atoms with van der Waals surface area (Å²) < 4.78 is 0. The van der Waals surface area contributed by atoms with E-state index in [0.29, 0.717) is 12.0 Å². The molecule has 2 N–H and O–H groups in total. The maximum atomic E-state index is 12.6. The van der Waals surface area contributed by atoms with E-state index in [2.05, 4.69) is 10.3 Å². The van der Waals surface area contributed by atoms with Crippen molar-refractivity contribution in [3.05, 3.63) is 41.1 Å². The Labute approximate surface area is 131 Å². The van der Waals surface area contributed by atoms with Crippen LogP contribution in [0.25, 0.3) is 10.9 Å². The standard InChI is InChI=1S/C18H24N2O2/c1-5-18(4,8-9-21)20-17(22)15-11-14-7-6-12(2)10-16(14)19-13(15)3/h6-7,10-11,21H,5,8-9H2,1-4H3,(H,20,22). The number of carbonyl (C=O) groups is 1. The maximum absolute atomic E-state index is 12.6. The Morgan fingerprint density at radius 3 is 2.68 bits per heavy atom. The number of aromatic nitrogens is 1. The first-order valence-electron chi connectivity index (χ1n) is 7.70. The van der Waals surface area contributed by atoms with Crippen LogP contribution in [0.4, 0.5) is 0 Å². The number of pyridine rings is 1. The maximum Gasteiger partial charge on any atom is 0.253 e. The van der Waals surface area contributed by atoms with Crippen LogP contribution in [0.5, 0.6) is 0 Å². The second-order valence-electron chi connectivity index (χ2n) is 6.16. The lowest BCUT2D eigenvalue weighted by molar-refractivity contribution is 0.0885. The molecule has 1 unspecified atom stereocenters. The molecule has 0 aliphatic heterocycles. The highest BCUT2D eigenvalue weighted by molar-refractivity contribution is 5.99. The SMILES string of the molecule is CCC(C)(CCO)NC(=O)c1cc2ccc(C)cc2nc1C. The quantitative estimate of drug-likeness (QED) is 0.891. The van der Waals surface area contributed by atoms with E-state index in [-0.39, 0.29) is 12.5 Å². The van der Waals surface area contributed by atoms with Crippen LogP contribution in [0.2, 0.25) is 0 Å². The van der Waals surface area contributed by atoms with Crippen molar-refractivity contribution < 1.29 is 9.90 Å². The van der Waals surface area contributed by atoms with Crippen molar-refractivity contribution in [2.45, 2.75) is 46.1 Å². The number of amides is 1.